The largest absolute Gasteiger partial charge is 0.494 e. The van der Waals surface area contributed by atoms with Gasteiger partial charge in [0.05, 0.1) is 19.8 Å². The number of anilines is 1. The molecule has 0 saturated carbocycles. The van der Waals surface area contributed by atoms with Gasteiger partial charge in [0.25, 0.3) is 0 Å². The molecule has 134 valence electrons. The van der Waals surface area contributed by atoms with Gasteiger partial charge in [-0.05, 0) is 42.8 Å². The lowest BCUT2D eigenvalue weighted by Gasteiger charge is -2.17. The Morgan fingerprint density at radius 2 is 2.00 bits per heavy atom. The molecule has 0 fully saturated rings. The number of aromatic nitrogens is 2. The lowest BCUT2D eigenvalue weighted by atomic mass is 10.0. The molecular weight excluding hydrogens is 330 g/mol. The fourth-order valence-electron chi connectivity index (χ4n) is 3.36. The van der Waals surface area contributed by atoms with Gasteiger partial charge in [-0.1, -0.05) is 23.4 Å². The van der Waals surface area contributed by atoms with Gasteiger partial charge in [0.15, 0.2) is 0 Å². The van der Waals surface area contributed by atoms with Gasteiger partial charge in [0.2, 0.25) is 11.7 Å². The maximum absolute atomic E-state index is 9.62. The first-order valence-electron chi connectivity index (χ1n) is 8.79. The van der Waals surface area contributed by atoms with Gasteiger partial charge < -0.3 is 19.3 Å². The molecule has 6 heteroatoms. The van der Waals surface area contributed by atoms with Crippen LogP contribution >= 0.6 is 0 Å². The monoisotopic (exact) mass is 351 g/mol. The number of benzene rings is 2. The van der Waals surface area contributed by atoms with Gasteiger partial charge in [0, 0.05) is 23.7 Å². The average molecular weight is 351 g/mol. The minimum absolute atomic E-state index is 0.125. The van der Waals surface area contributed by atoms with Crippen LogP contribution in [0, 0.1) is 0 Å². The first-order valence-corrected chi connectivity index (χ1v) is 8.79. The number of para-hydroxylation sites is 1. The van der Waals surface area contributed by atoms with E-state index in [0.717, 1.165) is 23.5 Å². The van der Waals surface area contributed by atoms with Crippen LogP contribution in [0.3, 0.4) is 0 Å². The maximum atomic E-state index is 9.62. The fourth-order valence-corrected chi connectivity index (χ4v) is 3.36. The van der Waals surface area contributed by atoms with Crippen LogP contribution in [-0.2, 0) is 6.54 Å². The van der Waals surface area contributed by atoms with Crippen molar-refractivity contribution in [3.8, 4) is 17.1 Å². The standard InChI is InChI=1S/C20H21N3O3/c1-2-25-16-9-7-14(8-10-16)20-21-19(26-22-20)12-23-11-15(13-24)17-5-3-4-6-18(17)23/h3-10,15,24H,2,11-13H2,1H3. The SMILES string of the molecule is CCOc1ccc(-c2noc(CN3CC(CO)c4ccccc43)n2)cc1. The number of nitrogens with zero attached hydrogens (tertiary/aromatic N) is 3. The molecule has 1 aromatic heterocycles. The number of aliphatic hydroxyl groups excluding tert-OH is 1. The second-order valence-electron chi connectivity index (χ2n) is 6.29. The van der Waals surface area contributed by atoms with Crippen LogP contribution in [0.1, 0.15) is 24.3 Å². The van der Waals surface area contributed by atoms with Gasteiger partial charge in [-0.25, -0.2) is 0 Å². The zero-order valence-corrected chi connectivity index (χ0v) is 14.6. The van der Waals surface area contributed by atoms with Crippen molar-refractivity contribution in [2.75, 3.05) is 24.7 Å². The summed E-state index contributed by atoms with van der Waals surface area (Å²) in [6, 6.07) is 15.8. The Morgan fingerprint density at radius 1 is 1.19 bits per heavy atom. The number of aliphatic hydroxyl groups is 1. The summed E-state index contributed by atoms with van der Waals surface area (Å²) in [6.07, 6.45) is 0. The number of ether oxygens (including phenoxy) is 1. The highest BCUT2D eigenvalue weighted by Crippen LogP contribution is 2.36. The molecule has 1 atom stereocenters. The topological polar surface area (TPSA) is 71.6 Å². The molecule has 2 heterocycles. The average Bonchev–Trinajstić information content (AvgIpc) is 3.28. The number of hydrogen-bond donors (Lipinski definition) is 1. The van der Waals surface area contributed by atoms with Crippen molar-refractivity contribution in [1.29, 1.82) is 0 Å². The van der Waals surface area contributed by atoms with Crippen LogP contribution in [0.5, 0.6) is 5.75 Å². The summed E-state index contributed by atoms with van der Waals surface area (Å²) >= 11 is 0. The van der Waals surface area contributed by atoms with Crippen LogP contribution in [0.2, 0.25) is 0 Å². The molecule has 4 rings (SSSR count). The Morgan fingerprint density at radius 3 is 2.77 bits per heavy atom. The maximum Gasteiger partial charge on any atom is 0.246 e. The van der Waals surface area contributed by atoms with E-state index in [1.54, 1.807) is 0 Å². The molecular formula is C20H21N3O3. The first-order chi connectivity index (χ1) is 12.8. The molecule has 1 N–H and O–H groups in total. The highest BCUT2D eigenvalue weighted by atomic mass is 16.5. The van der Waals surface area contributed by atoms with Crippen molar-refractivity contribution >= 4 is 5.69 Å². The van der Waals surface area contributed by atoms with Crippen LogP contribution in [-0.4, -0.2) is 35.0 Å². The van der Waals surface area contributed by atoms with Crippen LogP contribution in [0.4, 0.5) is 5.69 Å². The van der Waals surface area contributed by atoms with Gasteiger partial charge >= 0.3 is 0 Å². The van der Waals surface area contributed by atoms with E-state index in [4.69, 9.17) is 9.26 Å². The van der Waals surface area contributed by atoms with Gasteiger partial charge in [-0.15, -0.1) is 0 Å². The van der Waals surface area contributed by atoms with E-state index in [2.05, 4.69) is 27.2 Å². The predicted octanol–water partition coefficient (Wildman–Crippen LogP) is 3.23. The van der Waals surface area contributed by atoms with Gasteiger partial charge in [-0.2, -0.15) is 4.98 Å². The lowest BCUT2D eigenvalue weighted by molar-refractivity contribution is 0.270. The second-order valence-corrected chi connectivity index (χ2v) is 6.29. The van der Waals surface area contributed by atoms with E-state index >= 15 is 0 Å². The normalized spacial score (nSPS) is 15.9. The van der Waals surface area contributed by atoms with Crippen molar-refractivity contribution in [1.82, 2.24) is 10.1 Å². The molecule has 0 saturated heterocycles. The van der Waals surface area contributed by atoms with E-state index in [9.17, 15) is 5.11 Å². The third-order valence-electron chi connectivity index (χ3n) is 4.60. The Balaban J connectivity index is 1.51. The molecule has 1 aliphatic rings. The molecule has 0 aliphatic carbocycles. The molecule has 2 aromatic carbocycles. The van der Waals surface area contributed by atoms with E-state index in [1.807, 2.05) is 43.3 Å². The molecule has 3 aromatic rings. The van der Waals surface area contributed by atoms with E-state index in [-0.39, 0.29) is 12.5 Å². The smallest absolute Gasteiger partial charge is 0.246 e. The highest BCUT2D eigenvalue weighted by molar-refractivity contribution is 5.60. The van der Waals surface area contributed by atoms with Gasteiger partial charge in [-0.3, -0.25) is 0 Å². The Labute approximate surface area is 152 Å². The highest BCUT2D eigenvalue weighted by Gasteiger charge is 2.28. The summed E-state index contributed by atoms with van der Waals surface area (Å²) in [5, 5.41) is 13.7. The molecule has 1 aliphatic heterocycles. The second kappa shape index (κ2) is 7.17. The van der Waals surface area contributed by atoms with Crippen molar-refractivity contribution in [2.24, 2.45) is 0 Å². The molecule has 0 bridgehead atoms. The van der Waals surface area contributed by atoms with Gasteiger partial charge in [0.1, 0.15) is 5.75 Å². The van der Waals surface area contributed by atoms with E-state index in [1.165, 1.54) is 5.56 Å². The van der Waals surface area contributed by atoms with E-state index < -0.39 is 0 Å². The summed E-state index contributed by atoms with van der Waals surface area (Å²) in [6.45, 7) is 4.00. The Hall–Kier alpha value is -2.86. The minimum atomic E-state index is 0.125. The quantitative estimate of drug-likeness (QED) is 0.735. The third kappa shape index (κ3) is 3.15. The van der Waals surface area contributed by atoms with Crippen LogP contribution in [0.25, 0.3) is 11.4 Å². The summed E-state index contributed by atoms with van der Waals surface area (Å²) in [4.78, 5) is 6.69. The first kappa shape index (κ1) is 16.6. The molecule has 1 unspecified atom stereocenters. The summed E-state index contributed by atoms with van der Waals surface area (Å²) in [5.74, 6) is 2.07. The Kier molecular flexibility index (Phi) is 4.58. The zero-order chi connectivity index (χ0) is 17.9. The molecule has 0 amide bonds. The van der Waals surface area contributed by atoms with Crippen molar-refractivity contribution in [3.05, 3.63) is 60.0 Å². The molecule has 26 heavy (non-hydrogen) atoms. The zero-order valence-electron chi connectivity index (χ0n) is 14.6. The minimum Gasteiger partial charge on any atom is -0.494 e. The number of hydrogen-bond acceptors (Lipinski definition) is 6. The van der Waals surface area contributed by atoms with E-state index in [0.29, 0.717) is 24.9 Å². The molecule has 6 nitrogen and oxygen atoms in total. The lowest BCUT2D eigenvalue weighted by Crippen LogP contribution is -2.22. The van der Waals surface area contributed by atoms with Crippen molar-refractivity contribution in [2.45, 2.75) is 19.4 Å². The number of fused-ring (bicyclic) bond motifs is 1. The van der Waals surface area contributed by atoms with Crippen LogP contribution in [0.15, 0.2) is 53.1 Å². The summed E-state index contributed by atoms with van der Waals surface area (Å²) in [5.41, 5.74) is 3.17. The summed E-state index contributed by atoms with van der Waals surface area (Å²) < 4.78 is 10.9. The molecule has 0 radical (unpaired) electrons. The third-order valence-corrected chi connectivity index (χ3v) is 4.60. The predicted molar refractivity (Wildman–Crippen MR) is 98.2 cm³/mol. The van der Waals surface area contributed by atoms with Crippen molar-refractivity contribution in [3.63, 3.8) is 0 Å². The van der Waals surface area contributed by atoms with Crippen LogP contribution < -0.4 is 9.64 Å². The van der Waals surface area contributed by atoms with Crippen molar-refractivity contribution < 1.29 is 14.4 Å². The molecule has 0 spiro atoms. The summed E-state index contributed by atoms with van der Waals surface area (Å²) in [7, 11) is 0. The number of rotatable bonds is 6. The fraction of sp³-hybridized carbons (Fsp3) is 0.300. The Bertz CT molecular complexity index is 876.